The molecule has 0 aromatic heterocycles. The first-order chi connectivity index (χ1) is 10.8. The molecule has 7 nitrogen and oxygen atoms in total. The van der Waals surface area contributed by atoms with Crippen molar-refractivity contribution in [2.45, 2.75) is 31.3 Å². The zero-order chi connectivity index (χ0) is 17.4. The average Bonchev–Trinajstić information content (AvgIpc) is 2.53. The number of methoxy groups -OCH3 is 1. The lowest BCUT2D eigenvalue weighted by atomic mass is 10.0. The fourth-order valence-corrected chi connectivity index (χ4v) is 2.48. The summed E-state index contributed by atoms with van der Waals surface area (Å²) >= 11 is 2.11. The van der Waals surface area contributed by atoms with Gasteiger partial charge in [-0.2, -0.15) is 0 Å². The summed E-state index contributed by atoms with van der Waals surface area (Å²) in [5, 5.41) is 11.7. The van der Waals surface area contributed by atoms with Crippen LogP contribution in [0.4, 0.5) is 0 Å². The van der Waals surface area contributed by atoms with Crippen LogP contribution in [0.3, 0.4) is 0 Å². The first-order valence-corrected chi connectivity index (χ1v) is 8.02. The van der Waals surface area contributed by atoms with Crippen LogP contribution in [0.1, 0.15) is 18.4 Å². The van der Waals surface area contributed by atoms with Gasteiger partial charge in [-0.05, 0) is 40.6 Å². The monoisotopic (exact) mass is 434 g/mol. The Morgan fingerprint density at radius 3 is 2.57 bits per heavy atom. The second-order valence-corrected chi connectivity index (χ2v) is 6.08. The average molecular weight is 434 g/mol. The molecule has 0 radical (unpaired) electrons. The lowest BCUT2D eigenvalue weighted by molar-refractivity contribution is -0.143. The fourth-order valence-electron chi connectivity index (χ4n) is 1.87. The molecule has 8 heteroatoms. The van der Waals surface area contributed by atoms with Crippen LogP contribution in [-0.2, 0) is 25.5 Å². The number of aliphatic carboxylic acids is 1. The molecule has 0 aliphatic rings. The zero-order valence-corrected chi connectivity index (χ0v) is 14.8. The molecule has 0 bridgehead atoms. The molecule has 126 valence electrons. The van der Waals surface area contributed by atoms with Gasteiger partial charge in [0.15, 0.2) is 0 Å². The van der Waals surface area contributed by atoms with Gasteiger partial charge in [0, 0.05) is 16.4 Å². The minimum atomic E-state index is -1.14. The molecule has 0 aliphatic carbocycles. The first kappa shape index (κ1) is 19.4. The van der Waals surface area contributed by atoms with E-state index in [0.717, 1.165) is 9.13 Å². The largest absolute Gasteiger partial charge is 0.480 e. The van der Waals surface area contributed by atoms with Crippen molar-refractivity contribution < 1.29 is 24.2 Å². The Morgan fingerprint density at radius 2 is 2.00 bits per heavy atom. The quantitative estimate of drug-likeness (QED) is 0.409. The normalized spacial score (nSPS) is 13.0. The molecule has 0 fully saturated rings. The summed E-state index contributed by atoms with van der Waals surface area (Å²) in [5.41, 5.74) is 6.50. The molecule has 0 aliphatic heterocycles. The van der Waals surface area contributed by atoms with Crippen LogP contribution >= 0.6 is 22.6 Å². The van der Waals surface area contributed by atoms with Gasteiger partial charge in [0.2, 0.25) is 5.91 Å². The van der Waals surface area contributed by atoms with Crippen molar-refractivity contribution in [1.82, 2.24) is 5.32 Å². The summed E-state index contributed by atoms with van der Waals surface area (Å²) < 4.78 is 5.39. The van der Waals surface area contributed by atoms with Crippen molar-refractivity contribution in [2.24, 2.45) is 5.73 Å². The Labute approximate surface area is 147 Å². The molecule has 0 saturated carbocycles. The number of carboxylic acid groups (broad SMARTS) is 1. The number of nitrogens with one attached hydrogen (secondary N) is 1. The summed E-state index contributed by atoms with van der Waals surface area (Å²) in [7, 11) is 1.25. The van der Waals surface area contributed by atoms with Gasteiger partial charge in [0.05, 0.1) is 13.2 Å². The van der Waals surface area contributed by atoms with Gasteiger partial charge in [0.1, 0.15) is 6.04 Å². The van der Waals surface area contributed by atoms with E-state index in [9.17, 15) is 19.5 Å². The highest BCUT2D eigenvalue weighted by Gasteiger charge is 2.24. The minimum Gasteiger partial charge on any atom is -0.480 e. The predicted octanol–water partition coefficient (Wildman–Crippen LogP) is 0.684. The number of halogens is 1. The van der Waals surface area contributed by atoms with E-state index in [1.54, 1.807) is 12.1 Å². The highest BCUT2D eigenvalue weighted by molar-refractivity contribution is 14.1. The third-order valence-electron chi connectivity index (χ3n) is 3.22. The molecule has 4 N–H and O–H groups in total. The van der Waals surface area contributed by atoms with E-state index in [2.05, 4.69) is 32.6 Å². The third-order valence-corrected chi connectivity index (χ3v) is 4.27. The Balaban J connectivity index is 2.65. The number of ether oxygens (including phenoxy) is 1. The van der Waals surface area contributed by atoms with Crippen LogP contribution in [0, 0.1) is 3.57 Å². The summed E-state index contributed by atoms with van der Waals surface area (Å²) in [5.74, 6) is -2.22. The van der Waals surface area contributed by atoms with Crippen molar-refractivity contribution in [3.8, 4) is 0 Å². The first-order valence-electron chi connectivity index (χ1n) is 6.94. The summed E-state index contributed by atoms with van der Waals surface area (Å²) in [6.45, 7) is 0. The number of benzene rings is 1. The second kappa shape index (κ2) is 9.46. The van der Waals surface area contributed by atoms with Gasteiger partial charge in [0.25, 0.3) is 0 Å². The third kappa shape index (κ3) is 6.53. The van der Waals surface area contributed by atoms with Crippen LogP contribution in [0.5, 0.6) is 0 Å². The summed E-state index contributed by atoms with van der Waals surface area (Å²) in [4.78, 5) is 34.4. The number of amides is 1. The number of carbonyl (C=O) groups excluding carboxylic acids is 2. The second-order valence-electron chi connectivity index (χ2n) is 4.92. The van der Waals surface area contributed by atoms with E-state index < -0.39 is 29.9 Å². The molecule has 1 rings (SSSR count). The highest BCUT2D eigenvalue weighted by atomic mass is 127. The topological polar surface area (TPSA) is 119 Å². The number of hydrogen-bond donors (Lipinski definition) is 3. The summed E-state index contributed by atoms with van der Waals surface area (Å²) in [6.07, 6.45) is 0.247. The van der Waals surface area contributed by atoms with Gasteiger partial charge in [-0.1, -0.05) is 18.2 Å². The van der Waals surface area contributed by atoms with Gasteiger partial charge in [-0.3, -0.25) is 9.59 Å². The van der Waals surface area contributed by atoms with Crippen LogP contribution in [0.2, 0.25) is 0 Å². The van der Waals surface area contributed by atoms with Crippen LogP contribution in [0.25, 0.3) is 0 Å². The van der Waals surface area contributed by atoms with Crippen molar-refractivity contribution in [1.29, 1.82) is 0 Å². The summed E-state index contributed by atoms with van der Waals surface area (Å²) in [6, 6.07) is 5.27. The number of rotatable bonds is 8. The van der Waals surface area contributed by atoms with E-state index in [1.807, 2.05) is 12.1 Å². The van der Waals surface area contributed by atoms with Crippen molar-refractivity contribution >= 4 is 40.4 Å². The van der Waals surface area contributed by atoms with Crippen LogP contribution in [-0.4, -0.2) is 42.1 Å². The molecule has 0 heterocycles. The van der Waals surface area contributed by atoms with Crippen molar-refractivity contribution in [2.75, 3.05) is 7.11 Å². The SMILES string of the molecule is COC(=O)CC[C@H](N)C(=O)N[C@@H](Cc1ccccc1I)C(=O)O. The zero-order valence-electron chi connectivity index (χ0n) is 12.6. The molecule has 2 atom stereocenters. The predicted molar refractivity (Wildman–Crippen MR) is 91.7 cm³/mol. The fraction of sp³-hybridized carbons (Fsp3) is 0.400. The number of carboxylic acids is 1. The Hall–Kier alpha value is -1.68. The van der Waals surface area contributed by atoms with E-state index in [-0.39, 0.29) is 19.3 Å². The maximum absolute atomic E-state index is 12.0. The molecule has 1 aromatic carbocycles. The van der Waals surface area contributed by atoms with Gasteiger partial charge in [-0.15, -0.1) is 0 Å². The molecule has 1 aromatic rings. The van der Waals surface area contributed by atoms with Crippen LogP contribution in [0.15, 0.2) is 24.3 Å². The molecule has 0 unspecified atom stereocenters. The van der Waals surface area contributed by atoms with Gasteiger partial charge in [-0.25, -0.2) is 4.79 Å². The number of esters is 1. The van der Waals surface area contributed by atoms with Crippen molar-refractivity contribution in [3.05, 3.63) is 33.4 Å². The standard InChI is InChI=1S/C15H19IN2O5/c1-23-13(19)7-6-11(17)14(20)18-12(15(21)22)8-9-4-2-3-5-10(9)16/h2-5,11-12H,6-8,17H2,1H3,(H,18,20)(H,21,22)/t11-,12-/m0/s1. The van der Waals surface area contributed by atoms with E-state index in [0.29, 0.717) is 0 Å². The highest BCUT2D eigenvalue weighted by Crippen LogP contribution is 2.13. The molecular formula is C15H19IN2O5. The number of hydrogen-bond acceptors (Lipinski definition) is 5. The van der Waals surface area contributed by atoms with E-state index in [4.69, 9.17) is 5.73 Å². The molecule has 0 spiro atoms. The van der Waals surface area contributed by atoms with Gasteiger partial charge >= 0.3 is 11.9 Å². The lowest BCUT2D eigenvalue weighted by Crippen LogP contribution is -2.49. The maximum atomic E-state index is 12.0. The van der Waals surface area contributed by atoms with Gasteiger partial charge < -0.3 is 20.9 Å². The number of carbonyl (C=O) groups is 3. The maximum Gasteiger partial charge on any atom is 0.326 e. The molecule has 23 heavy (non-hydrogen) atoms. The van der Waals surface area contributed by atoms with Crippen molar-refractivity contribution in [3.63, 3.8) is 0 Å². The Bertz CT molecular complexity index is 579. The van der Waals surface area contributed by atoms with Crippen LogP contribution < -0.4 is 11.1 Å². The minimum absolute atomic E-state index is 0.000587. The smallest absolute Gasteiger partial charge is 0.326 e. The molecule has 0 saturated heterocycles. The van der Waals surface area contributed by atoms with E-state index in [1.165, 1.54) is 7.11 Å². The Morgan fingerprint density at radius 1 is 1.35 bits per heavy atom. The molecular weight excluding hydrogens is 415 g/mol. The van der Waals surface area contributed by atoms with E-state index >= 15 is 0 Å². The number of nitrogens with two attached hydrogens (primary N) is 1. The lowest BCUT2D eigenvalue weighted by Gasteiger charge is -2.18. The molecule has 1 amide bonds. The Kier molecular flexibility index (Phi) is 7.96.